The molecule has 1 fully saturated rings. The first-order chi connectivity index (χ1) is 13.2. The molecule has 2 aromatic heterocycles. The van der Waals surface area contributed by atoms with Crippen LogP contribution in [0.25, 0.3) is 11.4 Å². The molecule has 1 aliphatic rings. The number of nitrogens with one attached hydrogen (secondary N) is 1. The van der Waals surface area contributed by atoms with Crippen molar-refractivity contribution in [1.82, 2.24) is 15.3 Å². The number of anilines is 1. The minimum atomic E-state index is -0.296. The largest absolute Gasteiger partial charge is 0.391 e. The van der Waals surface area contributed by atoms with Crippen molar-refractivity contribution in [3.8, 4) is 11.4 Å². The van der Waals surface area contributed by atoms with Gasteiger partial charge >= 0.3 is 0 Å². The highest BCUT2D eigenvalue weighted by molar-refractivity contribution is 7.09. The van der Waals surface area contributed by atoms with E-state index in [1.165, 1.54) is 0 Å². The molecule has 1 aromatic carbocycles. The smallest absolute Gasteiger partial charge is 0.251 e. The monoisotopic (exact) mass is 380 g/mol. The number of hydrogen-bond acceptors (Lipinski definition) is 6. The molecule has 0 bridgehead atoms. The third-order valence-corrected chi connectivity index (χ3v) is 5.41. The number of thiophene rings is 1. The minimum Gasteiger partial charge on any atom is -0.391 e. The van der Waals surface area contributed by atoms with E-state index in [-0.39, 0.29) is 12.0 Å². The van der Waals surface area contributed by atoms with Gasteiger partial charge in [-0.15, -0.1) is 11.3 Å². The minimum absolute atomic E-state index is 0.101. The van der Waals surface area contributed by atoms with Gasteiger partial charge in [0.25, 0.3) is 5.91 Å². The molecule has 1 amide bonds. The standard InChI is InChI=1S/C20H20N4O2S/c25-16-8-10-24(13-16)18-7-9-21-19(23-18)14-3-5-15(6-4-14)20(26)22-12-17-2-1-11-27-17/h1-7,9,11,16,25H,8,10,12-13H2,(H,22,26). The van der Waals surface area contributed by atoms with Gasteiger partial charge in [0.15, 0.2) is 5.82 Å². The van der Waals surface area contributed by atoms with Crippen LogP contribution in [0.4, 0.5) is 5.82 Å². The molecule has 1 saturated heterocycles. The van der Waals surface area contributed by atoms with Gasteiger partial charge < -0.3 is 15.3 Å². The number of rotatable bonds is 5. The third-order valence-electron chi connectivity index (χ3n) is 4.54. The van der Waals surface area contributed by atoms with E-state index in [4.69, 9.17) is 0 Å². The number of hydrogen-bond donors (Lipinski definition) is 2. The molecule has 3 aromatic rings. The number of aliphatic hydroxyl groups is 1. The highest BCUT2D eigenvalue weighted by Crippen LogP contribution is 2.22. The van der Waals surface area contributed by atoms with E-state index in [2.05, 4.69) is 20.2 Å². The number of nitrogens with zero attached hydrogens (tertiary/aromatic N) is 3. The summed E-state index contributed by atoms with van der Waals surface area (Å²) in [6, 6.07) is 13.1. The lowest BCUT2D eigenvalue weighted by molar-refractivity contribution is 0.0951. The van der Waals surface area contributed by atoms with E-state index in [0.29, 0.717) is 24.5 Å². The van der Waals surface area contributed by atoms with Crippen molar-refractivity contribution in [2.75, 3.05) is 18.0 Å². The first-order valence-electron chi connectivity index (χ1n) is 8.86. The zero-order chi connectivity index (χ0) is 18.6. The zero-order valence-electron chi connectivity index (χ0n) is 14.7. The van der Waals surface area contributed by atoms with Crippen LogP contribution in [0.15, 0.2) is 54.0 Å². The van der Waals surface area contributed by atoms with Crippen LogP contribution in [-0.2, 0) is 6.54 Å². The molecule has 4 rings (SSSR count). The molecule has 1 unspecified atom stereocenters. The van der Waals surface area contributed by atoms with Crippen LogP contribution in [-0.4, -0.2) is 40.2 Å². The molecule has 0 aliphatic carbocycles. The van der Waals surface area contributed by atoms with Gasteiger partial charge in [0.05, 0.1) is 12.6 Å². The average Bonchev–Trinajstić information content (AvgIpc) is 3.38. The van der Waals surface area contributed by atoms with Crippen LogP contribution in [0, 0.1) is 0 Å². The Hall–Kier alpha value is -2.77. The molecular formula is C20H20N4O2S. The Labute approximate surface area is 161 Å². The first-order valence-corrected chi connectivity index (χ1v) is 9.74. The summed E-state index contributed by atoms with van der Waals surface area (Å²) in [6.45, 7) is 1.92. The fraction of sp³-hybridized carbons (Fsp3) is 0.250. The molecule has 6 nitrogen and oxygen atoms in total. The number of aromatic nitrogens is 2. The molecule has 1 atom stereocenters. The molecular weight excluding hydrogens is 360 g/mol. The first kappa shape index (κ1) is 17.6. The topological polar surface area (TPSA) is 78.4 Å². The van der Waals surface area contributed by atoms with Crippen LogP contribution in [0.3, 0.4) is 0 Å². The van der Waals surface area contributed by atoms with Gasteiger partial charge in [-0.2, -0.15) is 0 Å². The van der Waals surface area contributed by atoms with Gasteiger partial charge in [-0.3, -0.25) is 4.79 Å². The molecule has 7 heteroatoms. The van der Waals surface area contributed by atoms with E-state index in [9.17, 15) is 9.90 Å². The summed E-state index contributed by atoms with van der Waals surface area (Å²) in [7, 11) is 0. The van der Waals surface area contributed by atoms with Gasteiger partial charge in [-0.1, -0.05) is 18.2 Å². The van der Waals surface area contributed by atoms with Crippen molar-refractivity contribution >= 4 is 23.1 Å². The Morgan fingerprint density at radius 3 is 2.81 bits per heavy atom. The Morgan fingerprint density at radius 2 is 2.11 bits per heavy atom. The van der Waals surface area contributed by atoms with Crippen LogP contribution in [0.2, 0.25) is 0 Å². The van der Waals surface area contributed by atoms with E-state index >= 15 is 0 Å². The summed E-state index contributed by atoms with van der Waals surface area (Å²) in [6.07, 6.45) is 2.19. The fourth-order valence-electron chi connectivity index (χ4n) is 3.07. The predicted molar refractivity (Wildman–Crippen MR) is 106 cm³/mol. The lowest BCUT2D eigenvalue weighted by atomic mass is 10.1. The molecule has 3 heterocycles. The molecule has 0 saturated carbocycles. The maximum absolute atomic E-state index is 12.3. The zero-order valence-corrected chi connectivity index (χ0v) is 15.5. The summed E-state index contributed by atoms with van der Waals surface area (Å²) in [4.78, 5) is 24.4. The maximum atomic E-state index is 12.3. The van der Waals surface area contributed by atoms with E-state index < -0.39 is 0 Å². The van der Waals surface area contributed by atoms with Gasteiger partial charge in [0, 0.05) is 35.3 Å². The Bertz CT molecular complexity index is 912. The highest BCUT2D eigenvalue weighted by atomic mass is 32.1. The molecule has 138 valence electrons. The Kier molecular flexibility index (Phi) is 5.13. The number of benzene rings is 1. The van der Waals surface area contributed by atoms with Gasteiger partial charge in [0.2, 0.25) is 0 Å². The number of aliphatic hydroxyl groups excluding tert-OH is 1. The van der Waals surface area contributed by atoms with Gasteiger partial charge in [-0.25, -0.2) is 9.97 Å². The number of amides is 1. The Balaban J connectivity index is 1.45. The van der Waals surface area contributed by atoms with Crippen molar-refractivity contribution in [2.45, 2.75) is 19.1 Å². The van der Waals surface area contributed by atoms with Gasteiger partial charge in [-0.05, 0) is 36.1 Å². The van der Waals surface area contributed by atoms with Crippen LogP contribution in [0.5, 0.6) is 0 Å². The number of carbonyl (C=O) groups is 1. The predicted octanol–water partition coefficient (Wildman–Crippen LogP) is 2.71. The second kappa shape index (κ2) is 7.85. The molecule has 0 spiro atoms. The lowest BCUT2D eigenvalue weighted by Crippen LogP contribution is -2.22. The highest BCUT2D eigenvalue weighted by Gasteiger charge is 2.21. The number of β-amino-alcohol motifs (C(OH)–C–C–N with tert-alkyl or cyclic N) is 1. The van der Waals surface area contributed by atoms with E-state index in [0.717, 1.165) is 29.2 Å². The molecule has 1 aliphatic heterocycles. The van der Waals surface area contributed by atoms with Crippen LogP contribution >= 0.6 is 11.3 Å². The quantitative estimate of drug-likeness (QED) is 0.712. The van der Waals surface area contributed by atoms with E-state index in [1.807, 2.05) is 35.7 Å². The van der Waals surface area contributed by atoms with Crippen molar-refractivity contribution in [2.24, 2.45) is 0 Å². The average molecular weight is 380 g/mol. The van der Waals surface area contributed by atoms with E-state index in [1.54, 1.807) is 29.7 Å². The summed E-state index contributed by atoms with van der Waals surface area (Å²) >= 11 is 1.62. The second-order valence-electron chi connectivity index (χ2n) is 6.47. The summed E-state index contributed by atoms with van der Waals surface area (Å²) in [5, 5.41) is 14.6. The number of carbonyl (C=O) groups excluding carboxylic acids is 1. The van der Waals surface area contributed by atoms with Crippen molar-refractivity contribution in [1.29, 1.82) is 0 Å². The summed E-state index contributed by atoms with van der Waals surface area (Å²) < 4.78 is 0. The Morgan fingerprint density at radius 1 is 1.26 bits per heavy atom. The van der Waals surface area contributed by atoms with Crippen LogP contribution in [0.1, 0.15) is 21.7 Å². The van der Waals surface area contributed by atoms with Gasteiger partial charge in [0.1, 0.15) is 5.82 Å². The molecule has 27 heavy (non-hydrogen) atoms. The normalized spacial score (nSPS) is 16.5. The summed E-state index contributed by atoms with van der Waals surface area (Å²) in [5.74, 6) is 1.32. The van der Waals surface area contributed by atoms with Crippen LogP contribution < -0.4 is 10.2 Å². The molecule has 0 radical (unpaired) electrons. The van der Waals surface area contributed by atoms with Crippen molar-refractivity contribution in [3.63, 3.8) is 0 Å². The summed E-state index contributed by atoms with van der Waals surface area (Å²) in [5.41, 5.74) is 1.46. The SMILES string of the molecule is O=C(NCc1cccs1)c1ccc(-c2nccc(N3CCC(O)C3)n2)cc1. The van der Waals surface area contributed by atoms with Crippen molar-refractivity contribution < 1.29 is 9.90 Å². The third kappa shape index (κ3) is 4.15. The fourth-order valence-corrected chi connectivity index (χ4v) is 3.71. The maximum Gasteiger partial charge on any atom is 0.251 e. The second-order valence-corrected chi connectivity index (χ2v) is 7.50. The molecule has 2 N–H and O–H groups in total. The lowest BCUT2D eigenvalue weighted by Gasteiger charge is -2.16. The van der Waals surface area contributed by atoms with Crippen molar-refractivity contribution in [3.05, 3.63) is 64.5 Å².